The normalized spacial score (nSPS) is 11.0. The van der Waals surface area contributed by atoms with E-state index in [1.54, 1.807) is 12.1 Å². The highest BCUT2D eigenvalue weighted by molar-refractivity contribution is 7.00. The second kappa shape index (κ2) is 21.3. The van der Waals surface area contributed by atoms with E-state index < -0.39 is 0 Å². The number of fused-ring (bicyclic) bond motifs is 3. The molecule has 1 heterocycles. The van der Waals surface area contributed by atoms with Gasteiger partial charge in [-0.15, -0.1) is 0 Å². The summed E-state index contributed by atoms with van der Waals surface area (Å²) in [5.74, 6) is 13.8. The Morgan fingerprint density at radius 1 is 0.567 bits per heavy atom. The van der Waals surface area contributed by atoms with Gasteiger partial charge in [0.25, 0.3) is 0 Å². The van der Waals surface area contributed by atoms with E-state index in [9.17, 15) is 4.79 Å². The molecule has 304 valence electrons. The number of hydrogen-bond acceptors (Lipinski definition) is 6. The van der Waals surface area contributed by atoms with Gasteiger partial charge in [-0.3, -0.25) is 0 Å². The molecule has 0 aliphatic heterocycles. The second-order valence-electron chi connectivity index (χ2n) is 15.6. The molecule has 0 aliphatic rings. The second-order valence-corrected chi connectivity index (χ2v) is 16.1. The van der Waals surface area contributed by atoms with Crippen molar-refractivity contribution < 1.29 is 9.53 Å². The van der Waals surface area contributed by atoms with Gasteiger partial charge in [0.05, 0.1) is 30.0 Å². The average molecular weight is 810 g/mol. The molecule has 0 N–H and O–H groups in total. The summed E-state index contributed by atoms with van der Waals surface area (Å²) >= 11 is 1.17. The van der Waals surface area contributed by atoms with Gasteiger partial charge in [-0.1, -0.05) is 168 Å². The third kappa shape index (κ3) is 10.2. The van der Waals surface area contributed by atoms with E-state index in [1.165, 1.54) is 102 Å². The summed E-state index contributed by atoms with van der Waals surface area (Å²) in [4.78, 5) is 14.6. The first-order valence-electron chi connectivity index (χ1n) is 21.9. The van der Waals surface area contributed by atoms with Crippen molar-refractivity contribution in [1.82, 2.24) is 8.75 Å². The summed E-state index contributed by atoms with van der Waals surface area (Å²) < 4.78 is 14.2. The Morgan fingerprint density at radius 2 is 1.08 bits per heavy atom. The lowest BCUT2D eigenvalue weighted by Crippen LogP contribution is -2.25. The molecule has 7 rings (SSSR count). The number of nitrogens with zero attached hydrogens (tertiary/aromatic N) is 3. The number of anilines is 1. The summed E-state index contributed by atoms with van der Waals surface area (Å²) in [7, 11) is 1.39. The largest absolute Gasteiger partial charge is 0.465 e. The molecule has 0 aliphatic carbocycles. The third-order valence-corrected chi connectivity index (χ3v) is 11.9. The van der Waals surface area contributed by atoms with Gasteiger partial charge in [-0.25, -0.2) is 4.79 Å². The third-order valence-electron chi connectivity index (χ3n) is 11.4. The molecule has 6 heteroatoms. The molecule has 7 aromatic rings. The minimum Gasteiger partial charge on any atom is -0.465 e. The number of esters is 1. The van der Waals surface area contributed by atoms with Crippen LogP contribution in [0.5, 0.6) is 0 Å². The molecule has 1 aromatic heterocycles. The molecule has 0 spiro atoms. The highest BCUT2D eigenvalue weighted by Crippen LogP contribution is 2.34. The minimum atomic E-state index is -0.364. The molecule has 6 aromatic carbocycles. The number of rotatable bonds is 17. The van der Waals surface area contributed by atoms with Crippen LogP contribution in [0.25, 0.3) is 43.7 Å². The van der Waals surface area contributed by atoms with Gasteiger partial charge in [-0.2, -0.15) is 8.75 Å². The molecule has 0 amide bonds. The van der Waals surface area contributed by atoms with Crippen LogP contribution < -0.4 is 4.90 Å². The smallest absolute Gasteiger partial charge is 0.337 e. The number of carbonyl (C=O) groups is 1. The van der Waals surface area contributed by atoms with Gasteiger partial charge in [0.15, 0.2) is 0 Å². The first-order valence-corrected chi connectivity index (χ1v) is 22.6. The Labute approximate surface area is 360 Å². The van der Waals surface area contributed by atoms with E-state index in [2.05, 4.69) is 124 Å². The molecule has 60 heavy (non-hydrogen) atoms. The fourth-order valence-corrected chi connectivity index (χ4v) is 8.63. The first kappa shape index (κ1) is 42.2. The average Bonchev–Trinajstić information content (AvgIpc) is 3.80. The van der Waals surface area contributed by atoms with Crippen LogP contribution in [0.4, 0.5) is 5.69 Å². The Morgan fingerprint density at radius 3 is 1.63 bits per heavy atom. The number of carbonyl (C=O) groups excluding carboxylic acids is 1. The highest BCUT2D eigenvalue weighted by atomic mass is 32.1. The van der Waals surface area contributed by atoms with Crippen LogP contribution in [-0.2, 0) is 4.74 Å². The molecule has 5 nitrogen and oxygen atoms in total. The van der Waals surface area contributed by atoms with Crippen LogP contribution in [0.2, 0.25) is 0 Å². The van der Waals surface area contributed by atoms with Crippen LogP contribution in [-0.4, -0.2) is 34.9 Å². The number of methoxy groups -OCH3 is 1. The molecular formula is C54H55N3O2S. The SMILES string of the molecule is CCCCCCCCN(CCCCCCCC)c1ccc(C#Cc2c3ccccc3c(C#Cc3ccc(-c4ccc(C(=O)OC)cc4)c4nsnc34)c3ccccc23)cc1. The van der Waals surface area contributed by atoms with Gasteiger partial charge in [-0.05, 0) is 82.4 Å². The van der Waals surface area contributed by atoms with Gasteiger partial charge < -0.3 is 9.64 Å². The zero-order valence-electron chi connectivity index (χ0n) is 35.4. The lowest BCUT2D eigenvalue weighted by atomic mass is 9.91. The topological polar surface area (TPSA) is 55.3 Å². The number of unbranched alkanes of at least 4 members (excludes halogenated alkanes) is 10. The standard InChI is InChI=1S/C54H55N3O2S/c1-4-6-8-10-12-18-38-57(39-19-13-11-9-7-5-2)44-33-24-40(25-34-44)26-35-50-46-20-14-16-22-48(46)51(49-23-17-15-21-47(49)50)37-32-42-31-36-45(53-52(42)55-60-56-53)41-27-29-43(30-28-41)54(58)59-3/h14-17,20-25,27-31,33-34,36H,4-13,18-19,38-39H2,1-3H3. The van der Waals surface area contributed by atoms with Crippen molar-refractivity contribution in [3.05, 3.63) is 137 Å². The van der Waals surface area contributed by atoms with Crippen LogP contribution in [0, 0.1) is 23.7 Å². The molecule has 0 unspecified atom stereocenters. The van der Waals surface area contributed by atoms with Crippen molar-refractivity contribution in [3.63, 3.8) is 0 Å². The van der Waals surface area contributed by atoms with E-state index in [0.29, 0.717) is 5.56 Å². The number of hydrogen-bond donors (Lipinski definition) is 0. The summed E-state index contributed by atoms with van der Waals surface area (Å²) in [6, 6.07) is 37.3. The molecule has 0 bridgehead atoms. The Bertz CT molecular complexity index is 2580. The molecule has 0 radical (unpaired) electrons. The van der Waals surface area contributed by atoms with E-state index in [1.807, 2.05) is 24.3 Å². The highest BCUT2D eigenvalue weighted by Gasteiger charge is 2.15. The first-order chi connectivity index (χ1) is 29.6. The zero-order valence-corrected chi connectivity index (χ0v) is 36.2. The Balaban J connectivity index is 1.16. The monoisotopic (exact) mass is 809 g/mol. The lowest BCUT2D eigenvalue weighted by Gasteiger charge is -2.25. The quantitative estimate of drug-likeness (QED) is 0.0397. The van der Waals surface area contributed by atoms with E-state index in [4.69, 9.17) is 4.74 Å². The summed E-state index contributed by atoms with van der Waals surface area (Å²) in [6.45, 7) is 6.80. The molecule has 0 atom stereocenters. The van der Waals surface area contributed by atoms with Crippen LogP contribution in [0.3, 0.4) is 0 Å². The van der Waals surface area contributed by atoms with Gasteiger partial charge in [0, 0.05) is 41.0 Å². The van der Waals surface area contributed by atoms with Crippen LogP contribution in [0.1, 0.15) is 124 Å². The van der Waals surface area contributed by atoms with Crippen molar-refractivity contribution in [1.29, 1.82) is 0 Å². The number of aromatic nitrogens is 2. The minimum absolute atomic E-state index is 0.364. The predicted molar refractivity (Wildman–Crippen MR) is 253 cm³/mol. The maximum atomic E-state index is 12.0. The van der Waals surface area contributed by atoms with Crippen molar-refractivity contribution in [2.75, 3.05) is 25.1 Å². The van der Waals surface area contributed by atoms with Gasteiger partial charge in [0.2, 0.25) is 0 Å². The van der Waals surface area contributed by atoms with Gasteiger partial charge in [0.1, 0.15) is 11.0 Å². The maximum Gasteiger partial charge on any atom is 0.337 e. The van der Waals surface area contributed by atoms with E-state index in [0.717, 1.165) is 79.0 Å². The van der Waals surface area contributed by atoms with Crippen molar-refractivity contribution in [2.24, 2.45) is 0 Å². The van der Waals surface area contributed by atoms with Crippen molar-refractivity contribution in [2.45, 2.75) is 90.9 Å². The Hall–Kier alpha value is -5.95. The zero-order chi connectivity index (χ0) is 41.5. The molecule has 0 fully saturated rings. The van der Waals surface area contributed by atoms with Gasteiger partial charge >= 0.3 is 5.97 Å². The Kier molecular flexibility index (Phi) is 15.0. The predicted octanol–water partition coefficient (Wildman–Crippen LogP) is 13.8. The summed E-state index contributed by atoms with van der Waals surface area (Å²) in [6.07, 6.45) is 15.8. The van der Waals surface area contributed by atoms with Crippen LogP contribution in [0.15, 0.2) is 109 Å². The number of ether oxygens (including phenoxy) is 1. The summed E-state index contributed by atoms with van der Waals surface area (Å²) in [5.41, 5.74) is 9.03. The number of benzene rings is 6. The summed E-state index contributed by atoms with van der Waals surface area (Å²) in [5, 5.41) is 4.30. The fourth-order valence-electron chi connectivity index (χ4n) is 8.06. The van der Waals surface area contributed by atoms with E-state index >= 15 is 0 Å². The fraction of sp³-hybridized carbons (Fsp3) is 0.315. The maximum absolute atomic E-state index is 12.0. The molecule has 0 saturated carbocycles. The molecule has 0 saturated heterocycles. The molecular weight excluding hydrogens is 755 g/mol. The van der Waals surface area contributed by atoms with Crippen molar-refractivity contribution >= 4 is 56.0 Å². The van der Waals surface area contributed by atoms with Crippen LogP contribution >= 0.6 is 11.7 Å². The van der Waals surface area contributed by atoms with E-state index in [-0.39, 0.29) is 5.97 Å². The lowest BCUT2D eigenvalue weighted by molar-refractivity contribution is 0.0600. The van der Waals surface area contributed by atoms with Crippen molar-refractivity contribution in [3.8, 4) is 34.8 Å².